The van der Waals surface area contributed by atoms with E-state index in [9.17, 15) is 4.79 Å². The average Bonchev–Trinajstić information content (AvgIpc) is 1.98. The molecule has 0 saturated heterocycles. The number of rotatable bonds is 2. The molecular weight excluding hydrogens is 172 g/mol. The first kappa shape index (κ1) is 9.65. The Morgan fingerprint density at radius 2 is 2.33 bits per heavy atom. The van der Waals surface area contributed by atoms with Gasteiger partial charge in [-0.2, -0.15) is 0 Å². The van der Waals surface area contributed by atoms with Crippen LogP contribution in [0.4, 0.5) is 0 Å². The fourth-order valence-electron chi connectivity index (χ4n) is 0.953. The van der Waals surface area contributed by atoms with Crippen LogP contribution in [0.2, 0.25) is 0 Å². The largest absolute Gasteiger partial charge is 0.497 e. The average molecular weight is 186 g/mol. The summed E-state index contributed by atoms with van der Waals surface area (Å²) in [6.07, 6.45) is 1.62. The Morgan fingerprint density at radius 1 is 1.67 bits per heavy atom. The standard InChI is InChI=1S/C9H14O2S/c1-4-11-7-5-8(10)9(2,3)12-6-7/h5H,4,6H2,1-3H3. The highest BCUT2D eigenvalue weighted by molar-refractivity contribution is 8.01. The van der Waals surface area contributed by atoms with E-state index in [2.05, 4.69) is 0 Å². The first-order valence-electron chi connectivity index (χ1n) is 4.08. The molecule has 3 heteroatoms. The quantitative estimate of drug-likeness (QED) is 0.660. The third-order valence-corrected chi connectivity index (χ3v) is 3.14. The van der Waals surface area contributed by atoms with Crippen LogP contribution in [0.15, 0.2) is 11.8 Å². The summed E-state index contributed by atoms with van der Waals surface area (Å²) in [6, 6.07) is 0. The van der Waals surface area contributed by atoms with Crippen molar-refractivity contribution in [2.45, 2.75) is 25.5 Å². The number of allylic oxidation sites excluding steroid dienone is 1. The number of ketones is 1. The van der Waals surface area contributed by atoms with Crippen molar-refractivity contribution in [2.24, 2.45) is 0 Å². The van der Waals surface area contributed by atoms with E-state index in [-0.39, 0.29) is 10.5 Å². The van der Waals surface area contributed by atoms with Gasteiger partial charge in [-0.05, 0) is 20.8 Å². The second kappa shape index (κ2) is 3.52. The molecule has 0 saturated carbocycles. The van der Waals surface area contributed by atoms with E-state index >= 15 is 0 Å². The summed E-state index contributed by atoms with van der Waals surface area (Å²) in [5.74, 6) is 1.78. The second-order valence-corrected chi connectivity index (χ2v) is 4.80. The van der Waals surface area contributed by atoms with Crippen molar-refractivity contribution < 1.29 is 9.53 Å². The molecule has 1 aliphatic heterocycles. The molecule has 0 unspecified atom stereocenters. The number of hydrogen-bond donors (Lipinski definition) is 0. The van der Waals surface area contributed by atoms with Crippen LogP contribution in [0.5, 0.6) is 0 Å². The predicted molar refractivity (Wildman–Crippen MR) is 51.3 cm³/mol. The summed E-state index contributed by atoms with van der Waals surface area (Å²) in [5.41, 5.74) is 0. The predicted octanol–water partition coefficient (Wildman–Crippen LogP) is 2.00. The molecule has 1 aliphatic rings. The summed E-state index contributed by atoms with van der Waals surface area (Å²) in [5, 5.41) is 0. The molecule has 68 valence electrons. The lowest BCUT2D eigenvalue weighted by Gasteiger charge is -2.26. The van der Waals surface area contributed by atoms with Crippen molar-refractivity contribution in [3.63, 3.8) is 0 Å². The third kappa shape index (κ3) is 2.03. The zero-order valence-electron chi connectivity index (χ0n) is 7.72. The van der Waals surface area contributed by atoms with Crippen LogP contribution in [-0.4, -0.2) is 22.9 Å². The maximum atomic E-state index is 11.4. The van der Waals surface area contributed by atoms with Crippen molar-refractivity contribution in [3.8, 4) is 0 Å². The summed E-state index contributed by atoms with van der Waals surface area (Å²) in [7, 11) is 0. The molecule has 0 bridgehead atoms. The van der Waals surface area contributed by atoms with Gasteiger partial charge in [-0.3, -0.25) is 4.79 Å². The van der Waals surface area contributed by atoms with E-state index in [1.807, 2.05) is 20.8 Å². The highest BCUT2D eigenvalue weighted by Gasteiger charge is 2.31. The van der Waals surface area contributed by atoms with Gasteiger partial charge < -0.3 is 4.74 Å². The van der Waals surface area contributed by atoms with Gasteiger partial charge in [0.2, 0.25) is 0 Å². The SMILES string of the molecule is CCOC1=CC(=O)C(C)(C)SC1. The summed E-state index contributed by atoms with van der Waals surface area (Å²) in [4.78, 5) is 11.4. The van der Waals surface area contributed by atoms with E-state index in [1.165, 1.54) is 0 Å². The van der Waals surface area contributed by atoms with Crippen LogP contribution in [0, 0.1) is 0 Å². The molecule has 0 N–H and O–H groups in total. The number of carbonyl (C=O) groups is 1. The minimum Gasteiger partial charge on any atom is -0.497 e. The Balaban J connectivity index is 2.69. The molecule has 0 aliphatic carbocycles. The number of carbonyl (C=O) groups excluding carboxylic acids is 1. The molecule has 0 aromatic heterocycles. The fourth-order valence-corrected chi connectivity index (χ4v) is 1.82. The molecule has 0 radical (unpaired) electrons. The van der Waals surface area contributed by atoms with Gasteiger partial charge in [0.1, 0.15) is 5.76 Å². The van der Waals surface area contributed by atoms with Crippen LogP contribution in [0.3, 0.4) is 0 Å². The first-order valence-corrected chi connectivity index (χ1v) is 5.06. The van der Waals surface area contributed by atoms with Gasteiger partial charge in [0.25, 0.3) is 0 Å². The maximum Gasteiger partial charge on any atom is 0.174 e. The Hall–Kier alpha value is -0.440. The molecule has 0 fully saturated rings. The Labute approximate surface area is 77.4 Å². The highest BCUT2D eigenvalue weighted by atomic mass is 32.2. The molecule has 12 heavy (non-hydrogen) atoms. The minimum atomic E-state index is -0.263. The highest BCUT2D eigenvalue weighted by Crippen LogP contribution is 2.32. The van der Waals surface area contributed by atoms with Gasteiger partial charge in [-0.25, -0.2) is 0 Å². The van der Waals surface area contributed by atoms with Crippen molar-refractivity contribution in [1.29, 1.82) is 0 Å². The second-order valence-electron chi connectivity index (χ2n) is 3.21. The smallest absolute Gasteiger partial charge is 0.174 e. The van der Waals surface area contributed by atoms with Crippen molar-refractivity contribution in [2.75, 3.05) is 12.4 Å². The molecule has 0 aromatic rings. The summed E-state index contributed by atoms with van der Waals surface area (Å²) in [6.45, 7) is 6.45. The van der Waals surface area contributed by atoms with Gasteiger partial charge in [0.15, 0.2) is 5.78 Å². The first-order chi connectivity index (χ1) is 5.56. The molecule has 1 heterocycles. The molecule has 2 nitrogen and oxygen atoms in total. The lowest BCUT2D eigenvalue weighted by atomic mass is 10.1. The van der Waals surface area contributed by atoms with Gasteiger partial charge in [-0.15, -0.1) is 11.8 Å². The van der Waals surface area contributed by atoms with Crippen LogP contribution in [0.25, 0.3) is 0 Å². The fraction of sp³-hybridized carbons (Fsp3) is 0.667. The van der Waals surface area contributed by atoms with Gasteiger partial charge in [0, 0.05) is 6.08 Å². The lowest BCUT2D eigenvalue weighted by molar-refractivity contribution is -0.116. The molecule has 0 aromatic carbocycles. The Morgan fingerprint density at radius 3 is 2.83 bits per heavy atom. The molecule has 0 atom stereocenters. The van der Waals surface area contributed by atoms with Crippen molar-refractivity contribution in [3.05, 3.63) is 11.8 Å². The van der Waals surface area contributed by atoms with E-state index in [4.69, 9.17) is 4.74 Å². The number of thioether (sulfide) groups is 1. The molecule has 0 spiro atoms. The number of ether oxygens (including phenoxy) is 1. The molecule has 0 amide bonds. The van der Waals surface area contributed by atoms with Crippen LogP contribution in [-0.2, 0) is 9.53 Å². The Bertz CT molecular complexity index is 219. The number of hydrogen-bond acceptors (Lipinski definition) is 3. The Kier molecular flexibility index (Phi) is 2.83. The van der Waals surface area contributed by atoms with Gasteiger partial charge in [-0.1, -0.05) is 0 Å². The van der Waals surface area contributed by atoms with E-state index in [0.717, 1.165) is 11.5 Å². The zero-order valence-corrected chi connectivity index (χ0v) is 8.53. The van der Waals surface area contributed by atoms with Gasteiger partial charge in [0.05, 0.1) is 17.1 Å². The topological polar surface area (TPSA) is 26.3 Å². The monoisotopic (exact) mass is 186 g/mol. The van der Waals surface area contributed by atoms with E-state index in [0.29, 0.717) is 6.61 Å². The zero-order chi connectivity index (χ0) is 9.19. The third-order valence-electron chi connectivity index (χ3n) is 1.79. The van der Waals surface area contributed by atoms with Crippen LogP contribution < -0.4 is 0 Å². The molecular formula is C9H14O2S. The summed E-state index contributed by atoms with van der Waals surface area (Å²) < 4.78 is 5.00. The van der Waals surface area contributed by atoms with Gasteiger partial charge >= 0.3 is 0 Å². The minimum absolute atomic E-state index is 0.155. The van der Waals surface area contributed by atoms with Crippen LogP contribution >= 0.6 is 11.8 Å². The van der Waals surface area contributed by atoms with Crippen molar-refractivity contribution >= 4 is 17.5 Å². The molecule has 1 rings (SSSR count). The van der Waals surface area contributed by atoms with Crippen molar-refractivity contribution in [1.82, 2.24) is 0 Å². The van der Waals surface area contributed by atoms with E-state index < -0.39 is 0 Å². The van der Waals surface area contributed by atoms with Crippen LogP contribution in [0.1, 0.15) is 20.8 Å². The van der Waals surface area contributed by atoms with E-state index in [1.54, 1.807) is 17.8 Å². The summed E-state index contributed by atoms with van der Waals surface area (Å²) >= 11 is 1.63. The normalized spacial score (nSPS) is 21.9. The lowest BCUT2D eigenvalue weighted by Crippen LogP contribution is -2.30. The maximum absolute atomic E-state index is 11.4.